The zero-order valence-electron chi connectivity index (χ0n) is 10.2. The van der Waals surface area contributed by atoms with Crippen molar-refractivity contribution in [3.8, 4) is 0 Å². The lowest BCUT2D eigenvalue weighted by Crippen LogP contribution is -1.84. The van der Waals surface area contributed by atoms with E-state index in [1.807, 2.05) is 67.6 Å². The average molecular weight is 254 g/mol. The predicted molar refractivity (Wildman–Crippen MR) is 77.5 cm³/mol. The van der Waals surface area contributed by atoms with Gasteiger partial charge in [-0.1, -0.05) is 54.1 Å². The van der Waals surface area contributed by atoms with Gasteiger partial charge in [-0.05, 0) is 42.5 Å². The fourth-order valence-corrected chi connectivity index (χ4v) is 2.13. The minimum atomic E-state index is 0.0442. The van der Waals surface area contributed by atoms with E-state index in [4.69, 9.17) is 0 Å². The van der Waals surface area contributed by atoms with Gasteiger partial charge in [0.25, 0.3) is 0 Å². The molecule has 2 rings (SSSR count). The molecule has 0 aliphatic heterocycles. The van der Waals surface area contributed by atoms with Crippen LogP contribution in [0.3, 0.4) is 0 Å². The van der Waals surface area contributed by atoms with Crippen LogP contribution >= 0.6 is 11.8 Å². The van der Waals surface area contributed by atoms with Crippen LogP contribution in [0.1, 0.15) is 11.1 Å². The molecule has 0 amide bonds. The van der Waals surface area contributed by atoms with E-state index in [1.165, 1.54) is 17.3 Å². The summed E-state index contributed by atoms with van der Waals surface area (Å²) in [6, 6.07) is 17.8. The molecule has 0 saturated carbocycles. The van der Waals surface area contributed by atoms with Gasteiger partial charge in [-0.2, -0.15) is 0 Å². The molecule has 0 aliphatic rings. The molecular formula is C16H14OS. The van der Waals surface area contributed by atoms with Crippen molar-refractivity contribution in [2.24, 2.45) is 0 Å². The van der Waals surface area contributed by atoms with Crippen LogP contribution in [0.25, 0.3) is 6.08 Å². The summed E-state index contributed by atoms with van der Waals surface area (Å²) in [6.07, 6.45) is 3.45. The van der Waals surface area contributed by atoms with Gasteiger partial charge < -0.3 is 0 Å². The second kappa shape index (κ2) is 6.22. The molecule has 0 radical (unpaired) electrons. The first-order valence-corrected chi connectivity index (χ1v) is 6.57. The number of carbonyl (C=O) groups excluding carboxylic acids is 1. The van der Waals surface area contributed by atoms with Gasteiger partial charge in [-0.3, -0.25) is 4.79 Å². The van der Waals surface area contributed by atoms with Crippen molar-refractivity contribution >= 4 is 23.0 Å². The van der Waals surface area contributed by atoms with Crippen LogP contribution in [-0.2, 0) is 4.79 Å². The van der Waals surface area contributed by atoms with E-state index < -0.39 is 0 Å². The van der Waals surface area contributed by atoms with Crippen LogP contribution in [0.4, 0.5) is 0 Å². The van der Waals surface area contributed by atoms with Crippen molar-refractivity contribution in [1.29, 1.82) is 0 Å². The highest BCUT2D eigenvalue weighted by molar-refractivity contribution is 8.14. The second-order valence-corrected chi connectivity index (χ2v) is 5.06. The summed E-state index contributed by atoms with van der Waals surface area (Å²) in [4.78, 5) is 12.7. The average Bonchev–Trinajstić information content (AvgIpc) is 2.40. The first kappa shape index (κ1) is 12.7. The molecule has 0 spiro atoms. The smallest absolute Gasteiger partial charge is 0.216 e. The lowest BCUT2D eigenvalue weighted by atomic mass is 10.2. The van der Waals surface area contributed by atoms with E-state index in [1.54, 1.807) is 6.08 Å². The summed E-state index contributed by atoms with van der Waals surface area (Å²) >= 11 is 1.25. The number of rotatable bonds is 3. The molecule has 2 heteroatoms. The highest BCUT2D eigenvalue weighted by Crippen LogP contribution is 2.20. The third-order valence-electron chi connectivity index (χ3n) is 2.45. The van der Waals surface area contributed by atoms with Gasteiger partial charge in [0, 0.05) is 4.90 Å². The number of hydrogen-bond acceptors (Lipinski definition) is 2. The molecule has 0 fully saturated rings. The van der Waals surface area contributed by atoms with E-state index in [0.717, 1.165) is 10.5 Å². The molecule has 18 heavy (non-hydrogen) atoms. The van der Waals surface area contributed by atoms with Crippen LogP contribution in [0.2, 0.25) is 0 Å². The SMILES string of the molecule is Cc1ccc(SC(=O)/C=C/c2ccccc2)cc1. The Morgan fingerprint density at radius 2 is 1.67 bits per heavy atom. The lowest BCUT2D eigenvalue weighted by molar-refractivity contribution is -0.106. The third kappa shape index (κ3) is 3.90. The van der Waals surface area contributed by atoms with Crippen molar-refractivity contribution in [1.82, 2.24) is 0 Å². The molecule has 0 bridgehead atoms. The monoisotopic (exact) mass is 254 g/mol. The molecule has 0 aromatic heterocycles. The van der Waals surface area contributed by atoms with Crippen LogP contribution < -0.4 is 0 Å². The fraction of sp³-hybridized carbons (Fsp3) is 0.0625. The zero-order chi connectivity index (χ0) is 12.8. The van der Waals surface area contributed by atoms with E-state index >= 15 is 0 Å². The molecule has 2 aromatic carbocycles. The predicted octanol–water partition coefficient (Wildman–Crippen LogP) is 4.33. The number of hydrogen-bond donors (Lipinski definition) is 0. The van der Waals surface area contributed by atoms with Crippen LogP contribution in [0, 0.1) is 6.92 Å². The van der Waals surface area contributed by atoms with Gasteiger partial charge in [-0.25, -0.2) is 0 Å². The summed E-state index contributed by atoms with van der Waals surface area (Å²) < 4.78 is 0. The Balaban J connectivity index is 1.97. The summed E-state index contributed by atoms with van der Waals surface area (Å²) in [5.74, 6) is 0. The fourth-order valence-electron chi connectivity index (χ4n) is 1.48. The van der Waals surface area contributed by atoms with Crippen molar-refractivity contribution in [3.63, 3.8) is 0 Å². The van der Waals surface area contributed by atoms with Crippen molar-refractivity contribution in [2.45, 2.75) is 11.8 Å². The number of carbonyl (C=O) groups is 1. The zero-order valence-corrected chi connectivity index (χ0v) is 11.0. The molecule has 0 aliphatic carbocycles. The summed E-state index contributed by atoms with van der Waals surface area (Å²) in [7, 11) is 0. The van der Waals surface area contributed by atoms with Gasteiger partial charge in [-0.15, -0.1) is 0 Å². The minimum Gasteiger partial charge on any atom is -0.282 e. The van der Waals surface area contributed by atoms with E-state index in [9.17, 15) is 4.79 Å². The number of aryl methyl sites for hydroxylation is 1. The van der Waals surface area contributed by atoms with Crippen molar-refractivity contribution < 1.29 is 4.79 Å². The van der Waals surface area contributed by atoms with E-state index in [0.29, 0.717) is 0 Å². The normalized spacial score (nSPS) is 10.7. The molecule has 1 nitrogen and oxygen atoms in total. The Labute approximate surface area is 112 Å². The Morgan fingerprint density at radius 1 is 1.00 bits per heavy atom. The van der Waals surface area contributed by atoms with Gasteiger partial charge >= 0.3 is 0 Å². The lowest BCUT2D eigenvalue weighted by Gasteiger charge is -1.97. The van der Waals surface area contributed by atoms with Crippen molar-refractivity contribution in [2.75, 3.05) is 0 Å². The topological polar surface area (TPSA) is 17.1 Å². The Morgan fingerprint density at radius 3 is 2.33 bits per heavy atom. The molecule has 2 aromatic rings. The van der Waals surface area contributed by atoms with E-state index in [2.05, 4.69) is 0 Å². The molecular weight excluding hydrogens is 240 g/mol. The van der Waals surface area contributed by atoms with Gasteiger partial charge in [0.2, 0.25) is 5.12 Å². The Bertz CT molecular complexity index is 541. The second-order valence-electron chi connectivity index (χ2n) is 3.98. The molecule has 90 valence electrons. The maximum atomic E-state index is 11.7. The maximum absolute atomic E-state index is 11.7. The van der Waals surface area contributed by atoms with E-state index in [-0.39, 0.29) is 5.12 Å². The number of thioether (sulfide) groups is 1. The van der Waals surface area contributed by atoms with Gasteiger partial charge in [0.15, 0.2) is 0 Å². The van der Waals surface area contributed by atoms with Gasteiger partial charge in [0.1, 0.15) is 0 Å². The molecule has 0 N–H and O–H groups in total. The quantitative estimate of drug-likeness (QED) is 0.599. The van der Waals surface area contributed by atoms with Crippen LogP contribution in [0.5, 0.6) is 0 Å². The number of benzene rings is 2. The molecule has 0 unspecified atom stereocenters. The minimum absolute atomic E-state index is 0.0442. The summed E-state index contributed by atoms with van der Waals surface area (Å²) in [5, 5.41) is 0.0442. The van der Waals surface area contributed by atoms with Crippen LogP contribution in [-0.4, -0.2) is 5.12 Å². The molecule has 0 heterocycles. The summed E-state index contributed by atoms with van der Waals surface area (Å²) in [5.41, 5.74) is 2.24. The first-order chi connectivity index (χ1) is 8.74. The highest BCUT2D eigenvalue weighted by atomic mass is 32.2. The maximum Gasteiger partial charge on any atom is 0.216 e. The summed E-state index contributed by atoms with van der Waals surface area (Å²) in [6.45, 7) is 2.03. The van der Waals surface area contributed by atoms with Crippen molar-refractivity contribution in [3.05, 3.63) is 71.8 Å². The third-order valence-corrected chi connectivity index (χ3v) is 3.30. The molecule has 0 atom stereocenters. The van der Waals surface area contributed by atoms with Crippen LogP contribution in [0.15, 0.2) is 65.6 Å². The Kier molecular flexibility index (Phi) is 4.37. The molecule has 0 saturated heterocycles. The Hall–Kier alpha value is -1.80. The standard InChI is InChI=1S/C16H14OS/c1-13-7-10-15(11-8-13)18-16(17)12-9-14-5-3-2-4-6-14/h2-12H,1H3/b12-9+. The first-order valence-electron chi connectivity index (χ1n) is 5.76. The van der Waals surface area contributed by atoms with Gasteiger partial charge in [0.05, 0.1) is 0 Å². The largest absolute Gasteiger partial charge is 0.282 e. The highest BCUT2D eigenvalue weighted by Gasteiger charge is 2.00.